The summed E-state index contributed by atoms with van der Waals surface area (Å²) < 4.78 is 55.5. The van der Waals surface area contributed by atoms with E-state index >= 15 is 0 Å². The molecule has 25 heavy (non-hydrogen) atoms. The zero-order valence-corrected chi connectivity index (χ0v) is 13.3. The standard InChI is InChI=1S/C18H16F3NO3/c19-18(20,21)12-3-5-13(6-4-12)25-15-7-8-17(23-10-11-24-17)14-2-1-9-22-16(14)15/h1-6,9,15H,7-8,10-11H2. The third-order valence-corrected chi connectivity index (χ3v) is 4.50. The van der Waals surface area contributed by atoms with Gasteiger partial charge in [0.1, 0.15) is 11.9 Å². The summed E-state index contributed by atoms with van der Waals surface area (Å²) in [5.74, 6) is -0.400. The zero-order valence-electron chi connectivity index (χ0n) is 13.3. The molecule has 0 amide bonds. The van der Waals surface area contributed by atoms with Gasteiger partial charge in [0.15, 0.2) is 5.79 Å². The van der Waals surface area contributed by atoms with Crippen molar-refractivity contribution in [3.63, 3.8) is 0 Å². The Hall–Kier alpha value is -2.12. The maximum Gasteiger partial charge on any atom is 0.416 e. The average molecular weight is 351 g/mol. The second-order valence-electron chi connectivity index (χ2n) is 6.05. The molecular formula is C18H16F3NO3. The van der Waals surface area contributed by atoms with E-state index in [2.05, 4.69) is 4.98 Å². The summed E-state index contributed by atoms with van der Waals surface area (Å²) in [6, 6.07) is 8.41. The van der Waals surface area contributed by atoms with Crippen molar-refractivity contribution in [3.8, 4) is 5.75 Å². The summed E-state index contributed by atoms with van der Waals surface area (Å²) in [6.07, 6.45) is -1.84. The highest BCUT2D eigenvalue weighted by Gasteiger charge is 2.46. The molecule has 2 aliphatic rings. The first-order valence-corrected chi connectivity index (χ1v) is 8.05. The summed E-state index contributed by atoms with van der Waals surface area (Å²) in [4.78, 5) is 4.41. The van der Waals surface area contributed by atoms with E-state index in [-0.39, 0.29) is 6.10 Å². The minimum Gasteiger partial charge on any atom is -0.484 e. The van der Waals surface area contributed by atoms with E-state index in [0.29, 0.717) is 37.5 Å². The molecule has 1 aromatic heterocycles. The van der Waals surface area contributed by atoms with Crippen LogP contribution in [0.3, 0.4) is 0 Å². The van der Waals surface area contributed by atoms with Crippen LogP contribution in [0.25, 0.3) is 0 Å². The molecule has 0 bridgehead atoms. The first-order chi connectivity index (χ1) is 12.0. The topological polar surface area (TPSA) is 40.6 Å². The van der Waals surface area contributed by atoms with Crippen LogP contribution in [0.5, 0.6) is 5.75 Å². The second-order valence-corrected chi connectivity index (χ2v) is 6.05. The van der Waals surface area contributed by atoms with Crippen LogP contribution in [-0.2, 0) is 21.4 Å². The van der Waals surface area contributed by atoms with Crippen molar-refractivity contribution in [2.75, 3.05) is 13.2 Å². The first-order valence-electron chi connectivity index (χ1n) is 8.05. The van der Waals surface area contributed by atoms with Crippen molar-refractivity contribution in [3.05, 3.63) is 59.4 Å². The quantitative estimate of drug-likeness (QED) is 0.813. The fraction of sp³-hybridized carbons (Fsp3) is 0.389. The van der Waals surface area contributed by atoms with Gasteiger partial charge in [-0.15, -0.1) is 0 Å². The molecule has 4 nitrogen and oxygen atoms in total. The van der Waals surface area contributed by atoms with Gasteiger partial charge in [-0.25, -0.2) is 0 Å². The van der Waals surface area contributed by atoms with Crippen LogP contribution in [0.4, 0.5) is 13.2 Å². The minimum atomic E-state index is -4.36. The molecule has 1 aromatic carbocycles. The molecule has 1 fully saturated rings. The Balaban J connectivity index is 1.59. The smallest absolute Gasteiger partial charge is 0.416 e. The third kappa shape index (κ3) is 2.98. The van der Waals surface area contributed by atoms with E-state index in [1.165, 1.54) is 12.1 Å². The maximum absolute atomic E-state index is 12.7. The predicted octanol–water partition coefficient (Wildman–Crippen LogP) is 4.21. The van der Waals surface area contributed by atoms with Crippen LogP contribution in [0.1, 0.15) is 35.8 Å². The van der Waals surface area contributed by atoms with Gasteiger partial charge in [0.25, 0.3) is 0 Å². The number of hydrogen-bond donors (Lipinski definition) is 0. The summed E-state index contributed by atoms with van der Waals surface area (Å²) in [5, 5.41) is 0. The highest BCUT2D eigenvalue weighted by atomic mass is 19.4. The lowest BCUT2D eigenvalue weighted by atomic mass is 9.88. The van der Waals surface area contributed by atoms with Gasteiger partial charge in [-0.05, 0) is 36.8 Å². The lowest BCUT2D eigenvalue weighted by molar-refractivity contribution is -0.182. The molecule has 1 aliphatic carbocycles. The monoisotopic (exact) mass is 351 g/mol. The largest absolute Gasteiger partial charge is 0.484 e. The van der Waals surface area contributed by atoms with Gasteiger partial charge in [-0.2, -0.15) is 13.2 Å². The van der Waals surface area contributed by atoms with Crippen LogP contribution >= 0.6 is 0 Å². The zero-order chi connectivity index (χ0) is 17.5. The van der Waals surface area contributed by atoms with Crippen molar-refractivity contribution in [1.29, 1.82) is 0 Å². The van der Waals surface area contributed by atoms with E-state index in [0.717, 1.165) is 17.7 Å². The van der Waals surface area contributed by atoms with E-state index in [1.54, 1.807) is 6.20 Å². The Labute approximate surface area is 142 Å². The molecule has 0 saturated carbocycles. The number of aromatic nitrogens is 1. The molecule has 1 saturated heterocycles. The summed E-state index contributed by atoms with van der Waals surface area (Å²) in [7, 11) is 0. The van der Waals surface area contributed by atoms with Crippen molar-refractivity contribution in [2.24, 2.45) is 0 Å². The van der Waals surface area contributed by atoms with Crippen LogP contribution in [-0.4, -0.2) is 18.2 Å². The number of ether oxygens (including phenoxy) is 3. The highest BCUT2D eigenvalue weighted by molar-refractivity contribution is 5.33. The third-order valence-electron chi connectivity index (χ3n) is 4.50. The lowest BCUT2D eigenvalue weighted by Gasteiger charge is -2.36. The normalized spacial score (nSPS) is 22.0. The minimum absolute atomic E-state index is 0.355. The maximum atomic E-state index is 12.7. The van der Waals surface area contributed by atoms with Gasteiger partial charge in [-0.3, -0.25) is 4.98 Å². The molecule has 1 aliphatic heterocycles. The number of nitrogens with zero attached hydrogens (tertiary/aromatic N) is 1. The number of alkyl halides is 3. The van der Waals surface area contributed by atoms with Gasteiger partial charge >= 0.3 is 6.18 Å². The lowest BCUT2D eigenvalue weighted by Crippen LogP contribution is -2.35. The number of hydrogen-bond acceptors (Lipinski definition) is 4. The Morgan fingerprint density at radius 1 is 1.08 bits per heavy atom. The Morgan fingerprint density at radius 3 is 2.48 bits per heavy atom. The fourth-order valence-electron chi connectivity index (χ4n) is 3.34. The van der Waals surface area contributed by atoms with E-state index in [4.69, 9.17) is 14.2 Å². The van der Waals surface area contributed by atoms with Crippen molar-refractivity contribution in [1.82, 2.24) is 4.98 Å². The van der Waals surface area contributed by atoms with Gasteiger partial charge in [0.05, 0.1) is 24.5 Å². The molecule has 1 atom stereocenters. The number of pyridine rings is 1. The van der Waals surface area contributed by atoms with Crippen molar-refractivity contribution >= 4 is 0 Å². The molecule has 0 radical (unpaired) electrons. The molecule has 2 aromatic rings. The molecule has 7 heteroatoms. The molecule has 4 rings (SSSR count). The van der Waals surface area contributed by atoms with Gasteiger partial charge in [-0.1, -0.05) is 6.07 Å². The van der Waals surface area contributed by atoms with Gasteiger partial charge < -0.3 is 14.2 Å². The van der Waals surface area contributed by atoms with E-state index in [9.17, 15) is 13.2 Å². The van der Waals surface area contributed by atoms with E-state index in [1.807, 2.05) is 12.1 Å². The number of rotatable bonds is 2. The molecular weight excluding hydrogens is 335 g/mol. The van der Waals surface area contributed by atoms with Crippen LogP contribution in [0, 0.1) is 0 Å². The van der Waals surface area contributed by atoms with Crippen LogP contribution in [0.15, 0.2) is 42.6 Å². The summed E-state index contributed by atoms with van der Waals surface area (Å²) in [5.41, 5.74) is 0.833. The summed E-state index contributed by atoms with van der Waals surface area (Å²) in [6.45, 7) is 1.05. The molecule has 1 unspecified atom stereocenters. The Morgan fingerprint density at radius 2 is 1.80 bits per heavy atom. The van der Waals surface area contributed by atoms with Crippen molar-refractivity contribution < 1.29 is 27.4 Å². The van der Waals surface area contributed by atoms with Crippen LogP contribution in [0.2, 0.25) is 0 Å². The number of benzene rings is 1. The Kier molecular flexibility index (Phi) is 3.92. The number of halogens is 3. The highest BCUT2D eigenvalue weighted by Crippen LogP contribution is 2.46. The molecule has 2 heterocycles. The summed E-state index contributed by atoms with van der Waals surface area (Å²) >= 11 is 0. The molecule has 1 spiro atoms. The van der Waals surface area contributed by atoms with Gasteiger partial charge in [0.2, 0.25) is 0 Å². The Bertz CT molecular complexity index is 755. The predicted molar refractivity (Wildman–Crippen MR) is 81.9 cm³/mol. The first kappa shape index (κ1) is 16.4. The molecule has 0 N–H and O–H groups in total. The molecule has 132 valence electrons. The second kappa shape index (κ2) is 6.00. The van der Waals surface area contributed by atoms with Gasteiger partial charge in [0, 0.05) is 18.2 Å². The van der Waals surface area contributed by atoms with Crippen LogP contribution < -0.4 is 4.74 Å². The SMILES string of the molecule is FC(F)(F)c1ccc(OC2CCC3(OCCO3)c3cccnc32)cc1. The van der Waals surface area contributed by atoms with Crippen molar-refractivity contribution in [2.45, 2.75) is 30.9 Å². The van der Waals surface area contributed by atoms with E-state index < -0.39 is 17.5 Å². The number of fused-ring (bicyclic) bond motifs is 2. The average Bonchev–Trinajstić information content (AvgIpc) is 3.07. The fourth-order valence-corrected chi connectivity index (χ4v) is 3.34.